The Balaban J connectivity index is 2.01. The molecule has 1 aromatic rings. The van der Waals surface area contributed by atoms with E-state index in [-0.39, 0.29) is 5.54 Å². The van der Waals surface area contributed by atoms with Gasteiger partial charge < -0.3 is 5.73 Å². The molecule has 2 rings (SSSR count). The van der Waals surface area contributed by atoms with Crippen molar-refractivity contribution in [3.05, 3.63) is 16.1 Å². The summed E-state index contributed by atoms with van der Waals surface area (Å²) in [6.07, 6.45) is 14.4. The SMILES string of the molecule is Cc1csc(C2(N)CCCCCCCCCCC2)n1. The molecule has 1 aromatic heterocycles. The molecule has 0 atom stereocenters. The highest BCUT2D eigenvalue weighted by molar-refractivity contribution is 7.09. The van der Waals surface area contributed by atoms with Crippen molar-refractivity contribution in [2.45, 2.75) is 83.1 Å². The van der Waals surface area contributed by atoms with Crippen molar-refractivity contribution in [1.29, 1.82) is 0 Å². The molecule has 0 saturated heterocycles. The molecule has 1 aliphatic rings. The van der Waals surface area contributed by atoms with Crippen LogP contribution in [0, 0.1) is 6.92 Å². The number of aromatic nitrogens is 1. The van der Waals surface area contributed by atoms with Crippen molar-refractivity contribution in [3.63, 3.8) is 0 Å². The Bertz CT molecular complexity index is 361. The van der Waals surface area contributed by atoms with Crippen molar-refractivity contribution in [1.82, 2.24) is 4.98 Å². The van der Waals surface area contributed by atoms with E-state index in [9.17, 15) is 0 Å². The van der Waals surface area contributed by atoms with Gasteiger partial charge >= 0.3 is 0 Å². The number of thiazole rings is 1. The van der Waals surface area contributed by atoms with E-state index in [0.717, 1.165) is 18.5 Å². The molecule has 1 saturated carbocycles. The fourth-order valence-electron chi connectivity index (χ4n) is 3.04. The summed E-state index contributed by atoms with van der Waals surface area (Å²) >= 11 is 1.76. The van der Waals surface area contributed by atoms with E-state index in [1.807, 2.05) is 0 Å². The molecule has 0 aliphatic heterocycles. The zero-order valence-electron chi connectivity index (χ0n) is 12.3. The summed E-state index contributed by atoms with van der Waals surface area (Å²) < 4.78 is 0. The molecule has 0 unspecified atom stereocenters. The van der Waals surface area contributed by atoms with Crippen LogP contribution in [-0.4, -0.2) is 4.98 Å². The van der Waals surface area contributed by atoms with Crippen molar-refractivity contribution >= 4 is 11.3 Å². The van der Waals surface area contributed by atoms with Crippen LogP contribution in [0.3, 0.4) is 0 Å². The lowest BCUT2D eigenvalue weighted by atomic mass is 9.87. The smallest absolute Gasteiger partial charge is 0.113 e. The van der Waals surface area contributed by atoms with Gasteiger partial charge in [0.1, 0.15) is 5.01 Å². The third-order valence-corrected chi connectivity index (χ3v) is 5.47. The van der Waals surface area contributed by atoms with Crippen LogP contribution in [0.2, 0.25) is 0 Å². The second kappa shape index (κ2) is 7.39. The van der Waals surface area contributed by atoms with Crippen molar-refractivity contribution in [2.75, 3.05) is 0 Å². The van der Waals surface area contributed by atoms with Crippen LogP contribution in [0.5, 0.6) is 0 Å². The molecule has 0 spiro atoms. The molecule has 1 aliphatic carbocycles. The maximum Gasteiger partial charge on any atom is 0.113 e. The number of hydrogen-bond donors (Lipinski definition) is 1. The maximum atomic E-state index is 6.72. The monoisotopic (exact) mass is 280 g/mol. The van der Waals surface area contributed by atoms with Gasteiger partial charge in [-0.15, -0.1) is 11.3 Å². The van der Waals surface area contributed by atoms with E-state index >= 15 is 0 Å². The van der Waals surface area contributed by atoms with Crippen LogP contribution in [-0.2, 0) is 5.54 Å². The fourth-order valence-corrected chi connectivity index (χ4v) is 4.01. The standard InChI is InChI=1S/C16H28N2S/c1-14-13-19-15(18-14)16(17)11-9-7-5-3-2-4-6-8-10-12-16/h13H,2-12,17H2,1H3. The van der Waals surface area contributed by atoms with E-state index in [2.05, 4.69) is 17.3 Å². The maximum absolute atomic E-state index is 6.72. The number of hydrogen-bond acceptors (Lipinski definition) is 3. The van der Waals surface area contributed by atoms with Gasteiger partial charge in [0.2, 0.25) is 0 Å². The van der Waals surface area contributed by atoms with Crippen LogP contribution in [0.15, 0.2) is 5.38 Å². The first-order valence-corrected chi connectivity index (χ1v) is 8.80. The molecule has 1 heterocycles. The topological polar surface area (TPSA) is 38.9 Å². The van der Waals surface area contributed by atoms with Gasteiger partial charge in [0.25, 0.3) is 0 Å². The number of nitrogens with zero attached hydrogens (tertiary/aromatic N) is 1. The van der Waals surface area contributed by atoms with Crippen LogP contribution in [0.4, 0.5) is 0 Å². The molecule has 108 valence electrons. The minimum Gasteiger partial charge on any atom is -0.319 e. The summed E-state index contributed by atoms with van der Waals surface area (Å²) in [6.45, 7) is 2.07. The zero-order chi connectivity index (χ0) is 13.6. The quantitative estimate of drug-likeness (QED) is 0.793. The largest absolute Gasteiger partial charge is 0.319 e. The molecule has 0 aromatic carbocycles. The summed E-state index contributed by atoms with van der Waals surface area (Å²) in [5.74, 6) is 0. The second-order valence-corrected chi connectivity index (χ2v) is 6.99. The number of aryl methyl sites for hydroxylation is 1. The van der Waals surface area contributed by atoms with Crippen LogP contribution in [0.1, 0.15) is 81.3 Å². The molecule has 2 N–H and O–H groups in total. The third kappa shape index (κ3) is 4.57. The van der Waals surface area contributed by atoms with Gasteiger partial charge in [-0.2, -0.15) is 0 Å². The lowest BCUT2D eigenvalue weighted by molar-refractivity contribution is 0.337. The second-order valence-electron chi connectivity index (χ2n) is 6.13. The van der Waals surface area contributed by atoms with E-state index in [0.29, 0.717) is 0 Å². The van der Waals surface area contributed by atoms with Gasteiger partial charge in [0.15, 0.2) is 0 Å². The Morgan fingerprint density at radius 3 is 1.84 bits per heavy atom. The normalized spacial score (nSPS) is 22.4. The minimum atomic E-state index is -0.155. The number of nitrogens with two attached hydrogens (primary N) is 1. The summed E-state index contributed by atoms with van der Waals surface area (Å²) in [7, 11) is 0. The third-order valence-electron chi connectivity index (χ3n) is 4.29. The van der Waals surface area contributed by atoms with Crippen LogP contribution < -0.4 is 5.73 Å². The average molecular weight is 280 g/mol. The molecular formula is C16H28N2S. The lowest BCUT2D eigenvalue weighted by Gasteiger charge is -2.28. The van der Waals surface area contributed by atoms with E-state index in [4.69, 9.17) is 5.73 Å². The van der Waals surface area contributed by atoms with Gasteiger partial charge in [-0.3, -0.25) is 0 Å². The summed E-state index contributed by atoms with van der Waals surface area (Å²) in [6, 6.07) is 0. The zero-order valence-corrected chi connectivity index (χ0v) is 13.1. The fraction of sp³-hybridized carbons (Fsp3) is 0.812. The van der Waals surface area contributed by atoms with Crippen molar-refractivity contribution in [3.8, 4) is 0 Å². The molecule has 0 amide bonds. The summed E-state index contributed by atoms with van der Waals surface area (Å²) in [4.78, 5) is 4.67. The molecule has 0 bridgehead atoms. The Labute approximate surface area is 121 Å². The van der Waals surface area contributed by atoms with Gasteiger partial charge in [0.05, 0.1) is 5.54 Å². The molecule has 1 fully saturated rings. The summed E-state index contributed by atoms with van der Waals surface area (Å²) in [5, 5.41) is 3.31. The average Bonchev–Trinajstić information content (AvgIpc) is 2.81. The van der Waals surface area contributed by atoms with Crippen molar-refractivity contribution < 1.29 is 0 Å². The predicted octanol–water partition coefficient (Wildman–Crippen LogP) is 4.91. The Morgan fingerprint density at radius 1 is 0.947 bits per heavy atom. The Hall–Kier alpha value is -0.410. The Morgan fingerprint density at radius 2 is 1.42 bits per heavy atom. The van der Waals surface area contributed by atoms with E-state index in [1.165, 1.54) is 62.8 Å². The van der Waals surface area contributed by atoms with Crippen LogP contribution in [0.25, 0.3) is 0 Å². The lowest BCUT2D eigenvalue weighted by Crippen LogP contribution is -2.36. The van der Waals surface area contributed by atoms with Gasteiger partial charge in [0, 0.05) is 11.1 Å². The molecule has 3 heteroatoms. The highest BCUT2D eigenvalue weighted by Gasteiger charge is 2.29. The number of rotatable bonds is 1. The van der Waals surface area contributed by atoms with Crippen LogP contribution >= 0.6 is 11.3 Å². The molecule has 19 heavy (non-hydrogen) atoms. The first kappa shape index (κ1) is 15.0. The first-order valence-electron chi connectivity index (χ1n) is 7.92. The van der Waals surface area contributed by atoms with E-state index < -0.39 is 0 Å². The first-order chi connectivity index (χ1) is 9.21. The molecule has 2 nitrogen and oxygen atoms in total. The van der Waals surface area contributed by atoms with Gasteiger partial charge in [-0.1, -0.05) is 57.8 Å². The highest BCUT2D eigenvalue weighted by atomic mass is 32.1. The summed E-state index contributed by atoms with van der Waals surface area (Å²) in [5.41, 5.74) is 7.69. The van der Waals surface area contributed by atoms with Gasteiger partial charge in [-0.25, -0.2) is 4.98 Å². The minimum absolute atomic E-state index is 0.155. The van der Waals surface area contributed by atoms with Gasteiger partial charge in [-0.05, 0) is 19.8 Å². The predicted molar refractivity (Wildman–Crippen MR) is 83.5 cm³/mol. The molecule has 0 radical (unpaired) electrons. The van der Waals surface area contributed by atoms with Crippen molar-refractivity contribution in [2.24, 2.45) is 5.73 Å². The Kier molecular flexibility index (Phi) is 5.83. The van der Waals surface area contributed by atoms with E-state index in [1.54, 1.807) is 11.3 Å². The molecular weight excluding hydrogens is 252 g/mol. The highest BCUT2D eigenvalue weighted by Crippen LogP contribution is 2.33.